The van der Waals surface area contributed by atoms with E-state index in [-0.39, 0.29) is 0 Å². The number of hydrogen-bond acceptors (Lipinski definition) is 4. The van der Waals surface area contributed by atoms with Gasteiger partial charge in [0.1, 0.15) is 0 Å². The van der Waals surface area contributed by atoms with Crippen LogP contribution in [0, 0.1) is 0 Å². The van der Waals surface area contributed by atoms with E-state index in [1.807, 2.05) is 32.0 Å². The maximum absolute atomic E-state index is 10.1. The lowest BCUT2D eigenvalue weighted by Gasteiger charge is -2.31. The summed E-state index contributed by atoms with van der Waals surface area (Å²) in [6, 6.07) is 5.89. The molecule has 0 atom stereocenters. The van der Waals surface area contributed by atoms with E-state index in [2.05, 4.69) is 17.1 Å². The molecule has 0 spiro atoms. The molecule has 0 bridgehead atoms. The van der Waals surface area contributed by atoms with Crippen molar-refractivity contribution in [1.29, 1.82) is 0 Å². The first-order chi connectivity index (χ1) is 9.87. The molecule has 0 unspecified atom stereocenters. The molecule has 21 heavy (non-hydrogen) atoms. The molecule has 0 saturated heterocycles. The minimum absolute atomic E-state index is 0.580. The van der Waals surface area contributed by atoms with E-state index < -0.39 is 5.60 Å². The zero-order chi connectivity index (χ0) is 15.9. The molecular weight excluding hydrogens is 288 g/mol. The van der Waals surface area contributed by atoms with Crippen LogP contribution >= 0.6 is 11.6 Å². The Kier molecular flexibility index (Phi) is 7.46. The number of halogens is 1. The lowest BCUT2D eigenvalue weighted by atomic mass is 10.1. The van der Waals surface area contributed by atoms with E-state index in [0.29, 0.717) is 13.2 Å². The Morgan fingerprint density at radius 1 is 1.38 bits per heavy atom. The smallest absolute Gasteiger partial charge is 0.0765 e. The quantitative estimate of drug-likeness (QED) is 0.688. The van der Waals surface area contributed by atoms with Gasteiger partial charge in [-0.05, 0) is 44.5 Å². The molecule has 0 heterocycles. The number of nitrogens with one attached hydrogen (secondary N) is 1. The number of methoxy groups -OCH3 is 1. The lowest BCUT2D eigenvalue weighted by Crippen LogP contribution is -2.39. The van der Waals surface area contributed by atoms with E-state index >= 15 is 0 Å². The number of nitrogens with zero attached hydrogens (tertiary/aromatic N) is 1. The Labute approximate surface area is 133 Å². The van der Waals surface area contributed by atoms with Crippen molar-refractivity contribution in [3.05, 3.63) is 28.8 Å². The standard InChI is InChI=1S/C16H27ClN2O2/c1-5-19(12-16(2,3)20)15-7-6-14(17)10-13(15)11-18-8-9-21-4/h6-7,10,18,20H,5,8-9,11-12H2,1-4H3. The first kappa shape index (κ1) is 18.2. The van der Waals surface area contributed by atoms with Gasteiger partial charge in [0.15, 0.2) is 0 Å². The van der Waals surface area contributed by atoms with Crippen LogP contribution in [0.15, 0.2) is 18.2 Å². The van der Waals surface area contributed by atoms with E-state index in [1.165, 1.54) is 0 Å². The summed E-state index contributed by atoms with van der Waals surface area (Å²) in [6.45, 7) is 9.33. The molecule has 0 aliphatic heterocycles. The Balaban J connectivity index is 2.87. The summed E-state index contributed by atoms with van der Waals surface area (Å²) >= 11 is 6.12. The van der Waals surface area contributed by atoms with Gasteiger partial charge in [-0.15, -0.1) is 0 Å². The highest BCUT2D eigenvalue weighted by Gasteiger charge is 2.19. The van der Waals surface area contributed by atoms with Gasteiger partial charge in [0.2, 0.25) is 0 Å². The first-order valence-electron chi connectivity index (χ1n) is 7.32. The number of ether oxygens (including phenoxy) is 1. The number of anilines is 1. The van der Waals surface area contributed by atoms with Crippen molar-refractivity contribution in [2.45, 2.75) is 32.9 Å². The second kappa shape index (κ2) is 8.59. The van der Waals surface area contributed by atoms with Crippen LogP contribution in [-0.4, -0.2) is 44.1 Å². The highest BCUT2D eigenvalue weighted by atomic mass is 35.5. The van der Waals surface area contributed by atoms with Crippen molar-refractivity contribution < 1.29 is 9.84 Å². The molecule has 120 valence electrons. The molecule has 1 aromatic carbocycles. The summed E-state index contributed by atoms with van der Waals surface area (Å²) in [7, 11) is 1.69. The molecule has 0 fully saturated rings. The summed E-state index contributed by atoms with van der Waals surface area (Å²) in [5.74, 6) is 0. The van der Waals surface area contributed by atoms with Gasteiger partial charge in [-0.25, -0.2) is 0 Å². The average molecular weight is 315 g/mol. The van der Waals surface area contributed by atoms with Crippen molar-refractivity contribution >= 4 is 17.3 Å². The monoisotopic (exact) mass is 314 g/mol. The van der Waals surface area contributed by atoms with Crippen molar-refractivity contribution in [2.24, 2.45) is 0 Å². The molecule has 0 saturated carbocycles. The summed E-state index contributed by atoms with van der Waals surface area (Å²) < 4.78 is 5.04. The van der Waals surface area contributed by atoms with Crippen LogP contribution in [0.5, 0.6) is 0 Å². The maximum atomic E-state index is 10.1. The van der Waals surface area contributed by atoms with Crippen LogP contribution in [0.2, 0.25) is 5.02 Å². The van der Waals surface area contributed by atoms with Crippen LogP contribution < -0.4 is 10.2 Å². The largest absolute Gasteiger partial charge is 0.389 e. The zero-order valence-electron chi connectivity index (χ0n) is 13.4. The van der Waals surface area contributed by atoms with Gasteiger partial charge in [0.25, 0.3) is 0 Å². The van der Waals surface area contributed by atoms with E-state index in [0.717, 1.165) is 35.9 Å². The Hall–Kier alpha value is -0.810. The molecule has 0 amide bonds. The molecule has 0 aliphatic carbocycles. The number of rotatable bonds is 9. The second-order valence-corrected chi connectivity index (χ2v) is 6.21. The normalized spacial score (nSPS) is 11.7. The first-order valence-corrected chi connectivity index (χ1v) is 7.70. The summed E-state index contributed by atoms with van der Waals surface area (Å²) in [4.78, 5) is 2.17. The fourth-order valence-corrected chi connectivity index (χ4v) is 2.43. The molecule has 1 aromatic rings. The Morgan fingerprint density at radius 2 is 2.10 bits per heavy atom. The average Bonchev–Trinajstić information content (AvgIpc) is 2.40. The molecule has 0 aliphatic rings. The number of likely N-dealkylation sites (N-methyl/N-ethyl adjacent to an activating group) is 1. The van der Waals surface area contributed by atoms with E-state index in [9.17, 15) is 5.11 Å². The van der Waals surface area contributed by atoms with E-state index in [4.69, 9.17) is 16.3 Å². The van der Waals surface area contributed by atoms with Crippen LogP contribution in [0.25, 0.3) is 0 Å². The van der Waals surface area contributed by atoms with E-state index in [1.54, 1.807) is 7.11 Å². The van der Waals surface area contributed by atoms with Crippen molar-refractivity contribution in [3.8, 4) is 0 Å². The summed E-state index contributed by atoms with van der Waals surface area (Å²) in [5.41, 5.74) is 1.50. The van der Waals surface area contributed by atoms with Gasteiger partial charge in [0, 0.05) is 44.0 Å². The fourth-order valence-electron chi connectivity index (χ4n) is 2.24. The fraction of sp³-hybridized carbons (Fsp3) is 0.625. The topological polar surface area (TPSA) is 44.7 Å². The Bertz CT molecular complexity index is 433. The van der Waals surface area contributed by atoms with Crippen LogP contribution in [0.1, 0.15) is 26.3 Å². The zero-order valence-corrected chi connectivity index (χ0v) is 14.2. The maximum Gasteiger partial charge on any atom is 0.0765 e. The number of aliphatic hydroxyl groups is 1. The molecule has 1 rings (SSSR count). The second-order valence-electron chi connectivity index (χ2n) is 5.77. The van der Waals surface area contributed by atoms with Crippen molar-refractivity contribution in [3.63, 3.8) is 0 Å². The SMILES string of the molecule is CCN(CC(C)(C)O)c1ccc(Cl)cc1CNCCOC. The number of hydrogen-bond donors (Lipinski definition) is 2. The molecule has 2 N–H and O–H groups in total. The van der Waals surface area contributed by atoms with Crippen molar-refractivity contribution in [2.75, 3.05) is 38.3 Å². The summed E-state index contributed by atoms with van der Waals surface area (Å²) in [5, 5.41) is 14.1. The minimum Gasteiger partial charge on any atom is -0.389 e. The third-order valence-corrected chi connectivity index (χ3v) is 3.38. The minimum atomic E-state index is -0.740. The highest BCUT2D eigenvalue weighted by Crippen LogP contribution is 2.25. The predicted octanol–water partition coefficient (Wildman–Crippen LogP) is 2.67. The van der Waals surface area contributed by atoms with Gasteiger partial charge in [-0.2, -0.15) is 0 Å². The Morgan fingerprint density at radius 3 is 2.67 bits per heavy atom. The summed E-state index contributed by atoms with van der Waals surface area (Å²) in [6.07, 6.45) is 0. The molecule has 0 aromatic heterocycles. The molecule has 0 radical (unpaired) electrons. The van der Waals surface area contributed by atoms with Gasteiger partial charge in [0.05, 0.1) is 12.2 Å². The molecular formula is C16H27ClN2O2. The lowest BCUT2D eigenvalue weighted by molar-refractivity contribution is 0.0875. The van der Waals surface area contributed by atoms with Gasteiger partial charge in [-0.3, -0.25) is 0 Å². The van der Waals surface area contributed by atoms with Gasteiger partial charge < -0.3 is 20.1 Å². The van der Waals surface area contributed by atoms with Gasteiger partial charge in [-0.1, -0.05) is 11.6 Å². The highest BCUT2D eigenvalue weighted by molar-refractivity contribution is 6.30. The predicted molar refractivity (Wildman–Crippen MR) is 89.2 cm³/mol. The number of benzene rings is 1. The van der Waals surface area contributed by atoms with Crippen LogP contribution in [0.4, 0.5) is 5.69 Å². The third kappa shape index (κ3) is 6.66. The van der Waals surface area contributed by atoms with Crippen LogP contribution in [0.3, 0.4) is 0 Å². The molecule has 4 nitrogen and oxygen atoms in total. The third-order valence-electron chi connectivity index (χ3n) is 3.14. The van der Waals surface area contributed by atoms with Crippen molar-refractivity contribution in [1.82, 2.24) is 5.32 Å². The molecule has 5 heteroatoms. The van der Waals surface area contributed by atoms with Gasteiger partial charge >= 0.3 is 0 Å². The van der Waals surface area contributed by atoms with Crippen LogP contribution in [-0.2, 0) is 11.3 Å².